The molecule has 0 aromatic heterocycles. The summed E-state index contributed by atoms with van der Waals surface area (Å²) in [5.41, 5.74) is 2.87. The van der Waals surface area contributed by atoms with E-state index in [1.54, 1.807) is 9.80 Å². The standard InChI is InChI=1S/C24H28N2/c1-3-7-21(8-4-1)19-25-15-11-23(12-16-25)24-13-17-26(18-14-24)20-22-9-5-2-6-10-22/h1-11,13,15,17,23-24H,12,14,16,18-20H2/p+2. The third kappa shape index (κ3) is 4.51. The summed E-state index contributed by atoms with van der Waals surface area (Å²) in [6.45, 7) is 4.72. The molecule has 0 saturated heterocycles. The minimum absolute atomic E-state index is 0.726. The van der Waals surface area contributed by atoms with Crippen LogP contribution < -0.4 is 9.80 Å². The Bertz CT molecular complexity index is 670. The van der Waals surface area contributed by atoms with Crippen LogP contribution >= 0.6 is 0 Å². The van der Waals surface area contributed by atoms with Crippen LogP contribution in [0, 0.1) is 11.8 Å². The van der Waals surface area contributed by atoms with Crippen LogP contribution in [0.4, 0.5) is 0 Å². The molecule has 0 saturated carbocycles. The zero-order chi connectivity index (χ0) is 17.6. The summed E-state index contributed by atoms with van der Waals surface area (Å²) in [5, 5.41) is 0. The van der Waals surface area contributed by atoms with Gasteiger partial charge in [-0.2, -0.15) is 0 Å². The molecule has 0 aliphatic carbocycles. The lowest BCUT2D eigenvalue weighted by Crippen LogP contribution is -3.07. The lowest BCUT2D eigenvalue weighted by molar-refractivity contribution is -0.866. The third-order valence-corrected chi connectivity index (χ3v) is 5.85. The maximum Gasteiger partial charge on any atom is 0.107 e. The van der Waals surface area contributed by atoms with Crippen molar-refractivity contribution in [3.8, 4) is 0 Å². The lowest BCUT2D eigenvalue weighted by atomic mass is 9.84. The van der Waals surface area contributed by atoms with Gasteiger partial charge < -0.3 is 9.80 Å². The summed E-state index contributed by atoms with van der Waals surface area (Å²) in [5.74, 6) is 1.45. The first-order valence-electron chi connectivity index (χ1n) is 10.0. The van der Waals surface area contributed by atoms with E-state index in [1.807, 2.05) is 0 Å². The highest BCUT2D eigenvalue weighted by atomic mass is 15.1. The fourth-order valence-electron chi connectivity index (χ4n) is 4.31. The number of rotatable bonds is 5. The highest BCUT2D eigenvalue weighted by molar-refractivity contribution is 5.14. The van der Waals surface area contributed by atoms with Gasteiger partial charge in [-0.3, -0.25) is 0 Å². The van der Waals surface area contributed by atoms with E-state index >= 15 is 0 Å². The first kappa shape index (κ1) is 17.3. The molecule has 2 heterocycles. The summed E-state index contributed by atoms with van der Waals surface area (Å²) in [6.07, 6.45) is 12.4. The average molecular weight is 347 g/mol. The Morgan fingerprint density at radius 3 is 1.38 bits per heavy atom. The van der Waals surface area contributed by atoms with Gasteiger partial charge in [0.05, 0.1) is 25.5 Å². The molecule has 2 aromatic carbocycles. The van der Waals surface area contributed by atoms with Gasteiger partial charge in [0.2, 0.25) is 0 Å². The summed E-state index contributed by atoms with van der Waals surface area (Å²) < 4.78 is 0. The molecule has 0 spiro atoms. The van der Waals surface area contributed by atoms with Crippen molar-refractivity contribution in [2.45, 2.75) is 25.9 Å². The van der Waals surface area contributed by atoms with Gasteiger partial charge in [0.1, 0.15) is 13.1 Å². The molecule has 26 heavy (non-hydrogen) atoms. The first-order valence-corrected chi connectivity index (χ1v) is 10.0. The second-order valence-electron chi connectivity index (χ2n) is 7.76. The molecule has 2 aliphatic heterocycles. The van der Waals surface area contributed by atoms with Crippen LogP contribution in [0.1, 0.15) is 24.0 Å². The molecule has 4 atom stereocenters. The molecular formula is C24H30N2+2. The third-order valence-electron chi connectivity index (χ3n) is 5.85. The summed E-state index contributed by atoms with van der Waals surface area (Å²) in [7, 11) is 0. The van der Waals surface area contributed by atoms with Crippen LogP contribution in [-0.4, -0.2) is 13.1 Å². The van der Waals surface area contributed by atoms with Gasteiger partial charge in [0, 0.05) is 24.0 Å². The van der Waals surface area contributed by atoms with Crippen LogP contribution in [-0.2, 0) is 13.1 Å². The van der Waals surface area contributed by atoms with Crippen LogP contribution in [0.15, 0.2) is 85.2 Å². The van der Waals surface area contributed by atoms with Crippen LogP contribution in [0.3, 0.4) is 0 Å². The molecule has 0 radical (unpaired) electrons. The van der Waals surface area contributed by atoms with Gasteiger partial charge in [-0.05, 0) is 24.0 Å². The molecule has 2 nitrogen and oxygen atoms in total. The Kier molecular flexibility index (Phi) is 5.63. The van der Waals surface area contributed by atoms with Gasteiger partial charge in [-0.25, -0.2) is 0 Å². The zero-order valence-electron chi connectivity index (χ0n) is 15.5. The number of quaternary nitrogens is 2. The van der Waals surface area contributed by atoms with Crippen molar-refractivity contribution < 1.29 is 9.80 Å². The highest BCUT2D eigenvalue weighted by Crippen LogP contribution is 2.23. The van der Waals surface area contributed by atoms with Crippen molar-refractivity contribution in [3.63, 3.8) is 0 Å². The summed E-state index contributed by atoms with van der Waals surface area (Å²) in [6, 6.07) is 21.7. The van der Waals surface area contributed by atoms with Crippen molar-refractivity contribution in [1.82, 2.24) is 0 Å². The molecule has 134 valence electrons. The number of hydrogen-bond donors (Lipinski definition) is 2. The minimum atomic E-state index is 0.726. The molecule has 2 N–H and O–H groups in total. The number of benzene rings is 2. The van der Waals surface area contributed by atoms with Gasteiger partial charge in [0.25, 0.3) is 0 Å². The molecule has 4 unspecified atom stereocenters. The van der Waals surface area contributed by atoms with Gasteiger partial charge in [0.15, 0.2) is 0 Å². The summed E-state index contributed by atoms with van der Waals surface area (Å²) in [4.78, 5) is 3.17. The largest absolute Gasteiger partial charge is 0.305 e. The predicted molar refractivity (Wildman–Crippen MR) is 106 cm³/mol. The van der Waals surface area contributed by atoms with Crippen LogP contribution in [0.25, 0.3) is 0 Å². The van der Waals surface area contributed by atoms with Gasteiger partial charge >= 0.3 is 0 Å². The molecule has 0 bridgehead atoms. The topological polar surface area (TPSA) is 8.88 Å². The fourth-order valence-corrected chi connectivity index (χ4v) is 4.31. The minimum Gasteiger partial charge on any atom is -0.305 e. The van der Waals surface area contributed by atoms with Crippen molar-refractivity contribution >= 4 is 0 Å². The number of allylic oxidation sites excluding steroid dienone is 2. The average Bonchev–Trinajstić information content (AvgIpc) is 2.71. The Morgan fingerprint density at radius 2 is 1.04 bits per heavy atom. The Hall–Kier alpha value is -2.16. The monoisotopic (exact) mass is 346 g/mol. The van der Waals surface area contributed by atoms with E-state index in [9.17, 15) is 0 Å². The zero-order valence-corrected chi connectivity index (χ0v) is 15.5. The van der Waals surface area contributed by atoms with E-state index in [0.29, 0.717) is 0 Å². The van der Waals surface area contributed by atoms with E-state index < -0.39 is 0 Å². The van der Waals surface area contributed by atoms with Gasteiger partial charge in [-0.15, -0.1) is 0 Å². The second-order valence-corrected chi connectivity index (χ2v) is 7.76. The van der Waals surface area contributed by atoms with Crippen LogP contribution in [0.2, 0.25) is 0 Å². The maximum atomic E-state index is 2.49. The number of hydrogen-bond acceptors (Lipinski definition) is 0. The molecule has 0 fully saturated rings. The molecule has 4 rings (SSSR count). The molecule has 2 heteroatoms. The van der Waals surface area contributed by atoms with E-state index in [-0.39, 0.29) is 0 Å². The molecule has 0 amide bonds. The Balaban J connectivity index is 1.29. The van der Waals surface area contributed by atoms with E-state index in [2.05, 4.69) is 85.2 Å². The van der Waals surface area contributed by atoms with E-state index in [1.165, 1.54) is 37.1 Å². The molecule has 2 aromatic rings. The summed E-state index contributed by atoms with van der Waals surface area (Å²) >= 11 is 0. The number of nitrogens with one attached hydrogen (secondary N) is 2. The maximum absolute atomic E-state index is 2.49. The van der Waals surface area contributed by atoms with Gasteiger partial charge in [-0.1, -0.05) is 60.7 Å². The first-order chi connectivity index (χ1) is 12.9. The molecule has 2 aliphatic rings. The van der Waals surface area contributed by atoms with Crippen molar-refractivity contribution in [2.24, 2.45) is 11.8 Å². The molecular weight excluding hydrogens is 316 g/mol. The van der Waals surface area contributed by atoms with Crippen molar-refractivity contribution in [2.75, 3.05) is 13.1 Å². The van der Waals surface area contributed by atoms with E-state index in [4.69, 9.17) is 0 Å². The SMILES string of the molecule is C1=C[NH+](Cc2ccccc2)CCC1C1C=C[NH+](Cc2ccccc2)CC1. The van der Waals surface area contributed by atoms with E-state index in [0.717, 1.165) is 24.9 Å². The lowest BCUT2D eigenvalue weighted by Gasteiger charge is -2.30. The van der Waals surface area contributed by atoms with Crippen LogP contribution in [0.5, 0.6) is 0 Å². The Morgan fingerprint density at radius 1 is 0.615 bits per heavy atom. The Labute approximate surface area is 157 Å². The van der Waals surface area contributed by atoms with Crippen molar-refractivity contribution in [1.29, 1.82) is 0 Å². The fraction of sp³-hybridized carbons (Fsp3) is 0.333. The van der Waals surface area contributed by atoms with Crippen molar-refractivity contribution in [3.05, 3.63) is 96.3 Å². The normalized spacial score (nSPS) is 28.2. The quantitative estimate of drug-likeness (QED) is 0.822. The second kappa shape index (κ2) is 8.48. The smallest absolute Gasteiger partial charge is 0.107 e. The predicted octanol–water partition coefficient (Wildman–Crippen LogP) is 2.22. The highest BCUT2D eigenvalue weighted by Gasteiger charge is 2.27.